The number of hydrogen-bond donors (Lipinski definition) is 2. The largest absolute Gasteiger partial charge is 0.495 e. The van der Waals surface area contributed by atoms with Crippen LogP contribution in [0.4, 0.5) is 11.5 Å². The van der Waals surface area contributed by atoms with Gasteiger partial charge in [-0.05, 0) is 25.0 Å². The first-order valence-electron chi connectivity index (χ1n) is 7.79. The van der Waals surface area contributed by atoms with E-state index in [1.807, 2.05) is 12.1 Å². The molecular weight excluding hydrogens is 292 g/mol. The molecule has 23 heavy (non-hydrogen) atoms. The predicted octanol–water partition coefficient (Wildman–Crippen LogP) is 3.09. The number of nitrogens with zero attached hydrogens (tertiary/aromatic N) is 2. The van der Waals surface area contributed by atoms with Crippen molar-refractivity contribution in [3.63, 3.8) is 0 Å². The van der Waals surface area contributed by atoms with Crippen LogP contribution in [0, 0.1) is 0 Å². The summed E-state index contributed by atoms with van der Waals surface area (Å²) in [6, 6.07) is 9.39. The summed E-state index contributed by atoms with van der Waals surface area (Å²) in [7, 11) is 1.57. The molecule has 0 atom stereocenters. The molecule has 1 aromatic heterocycles. The van der Waals surface area contributed by atoms with Gasteiger partial charge in [-0.15, -0.1) is 0 Å². The molecule has 1 aromatic carbocycles. The van der Waals surface area contributed by atoms with Crippen LogP contribution in [0.25, 0.3) is 0 Å². The van der Waals surface area contributed by atoms with Gasteiger partial charge in [-0.3, -0.25) is 4.79 Å². The quantitative estimate of drug-likeness (QED) is 0.887. The number of carbonyl (C=O) groups is 1. The fourth-order valence-corrected chi connectivity index (χ4v) is 2.77. The van der Waals surface area contributed by atoms with E-state index in [9.17, 15) is 4.79 Å². The molecule has 1 saturated carbocycles. The van der Waals surface area contributed by atoms with Crippen LogP contribution < -0.4 is 15.4 Å². The van der Waals surface area contributed by atoms with E-state index >= 15 is 0 Å². The highest BCUT2D eigenvalue weighted by atomic mass is 16.5. The predicted molar refractivity (Wildman–Crippen MR) is 88.9 cm³/mol. The van der Waals surface area contributed by atoms with Gasteiger partial charge in [0.15, 0.2) is 0 Å². The summed E-state index contributed by atoms with van der Waals surface area (Å²) in [6.07, 6.45) is 6.18. The third kappa shape index (κ3) is 3.77. The van der Waals surface area contributed by atoms with Gasteiger partial charge in [-0.25, -0.2) is 9.97 Å². The molecule has 0 aliphatic heterocycles. The van der Waals surface area contributed by atoms with Crippen LogP contribution in [0.2, 0.25) is 0 Å². The van der Waals surface area contributed by atoms with E-state index in [2.05, 4.69) is 20.6 Å². The summed E-state index contributed by atoms with van der Waals surface area (Å²) in [4.78, 5) is 20.6. The van der Waals surface area contributed by atoms with E-state index in [-0.39, 0.29) is 5.91 Å². The Hall–Kier alpha value is -2.63. The zero-order valence-electron chi connectivity index (χ0n) is 13.1. The van der Waals surface area contributed by atoms with Gasteiger partial charge in [0, 0.05) is 12.1 Å². The topological polar surface area (TPSA) is 76.1 Å². The Morgan fingerprint density at radius 2 is 2.00 bits per heavy atom. The highest BCUT2D eigenvalue weighted by Gasteiger charge is 2.16. The summed E-state index contributed by atoms with van der Waals surface area (Å²) < 4.78 is 5.23. The molecule has 1 heterocycles. The lowest BCUT2D eigenvalue weighted by atomic mass is 10.2. The van der Waals surface area contributed by atoms with Crippen LogP contribution in [0.5, 0.6) is 5.75 Å². The molecular formula is C17H20N4O2. The smallest absolute Gasteiger partial charge is 0.274 e. The maximum Gasteiger partial charge on any atom is 0.274 e. The Bertz CT molecular complexity index is 684. The number of carbonyl (C=O) groups excluding carboxylic acids is 1. The summed E-state index contributed by atoms with van der Waals surface area (Å²) in [5.74, 6) is 1.02. The Labute approximate surface area is 135 Å². The van der Waals surface area contributed by atoms with Crippen molar-refractivity contribution in [3.8, 4) is 5.75 Å². The maximum absolute atomic E-state index is 12.4. The second-order valence-electron chi connectivity index (χ2n) is 5.57. The summed E-state index contributed by atoms with van der Waals surface area (Å²) in [5, 5.41) is 6.18. The molecule has 0 spiro atoms. The van der Waals surface area contributed by atoms with E-state index in [1.54, 1.807) is 25.3 Å². The van der Waals surface area contributed by atoms with Gasteiger partial charge in [-0.1, -0.05) is 25.0 Å². The molecule has 3 rings (SSSR count). The van der Waals surface area contributed by atoms with Crippen LogP contribution in [0.1, 0.15) is 36.2 Å². The zero-order valence-corrected chi connectivity index (χ0v) is 13.1. The Balaban J connectivity index is 1.71. The third-order valence-corrected chi connectivity index (χ3v) is 3.96. The van der Waals surface area contributed by atoms with Gasteiger partial charge < -0.3 is 15.4 Å². The lowest BCUT2D eigenvalue weighted by Gasteiger charge is -2.13. The van der Waals surface area contributed by atoms with E-state index in [1.165, 1.54) is 19.2 Å². The van der Waals surface area contributed by atoms with Crippen LogP contribution in [0.15, 0.2) is 36.7 Å². The fourth-order valence-electron chi connectivity index (χ4n) is 2.77. The summed E-state index contributed by atoms with van der Waals surface area (Å²) >= 11 is 0. The number of nitrogens with one attached hydrogen (secondary N) is 2. The number of aromatic nitrogens is 2. The number of amides is 1. The minimum atomic E-state index is -0.286. The SMILES string of the molecule is COc1ccccc1NC(=O)c1cc(NC2CCCC2)ncn1. The highest BCUT2D eigenvalue weighted by Crippen LogP contribution is 2.24. The molecule has 0 bridgehead atoms. The van der Waals surface area contributed by atoms with Gasteiger partial charge in [0.05, 0.1) is 12.8 Å². The summed E-state index contributed by atoms with van der Waals surface area (Å²) in [6.45, 7) is 0. The molecule has 1 fully saturated rings. The van der Waals surface area contributed by atoms with Crippen molar-refractivity contribution in [1.82, 2.24) is 9.97 Å². The molecule has 1 amide bonds. The average Bonchev–Trinajstić information content (AvgIpc) is 3.08. The van der Waals surface area contributed by atoms with E-state index < -0.39 is 0 Å². The average molecular weight is 312 g/mol. The lowest BCUT2D eigenvalue weighted by Crippen LogP contribution is -2.18. The van der Waals surface area contributed by atoms with Crippen molar-refractivity contribution in [2.24, 2.45) is 0 Å². The van der Waals surface area contributed by atoms with Crippen molar-refractivity contribution >= 4 is 17.4 Å². The van der Waals surface area contributed by atoms with E-state index in [0.717, 1.165) is 12.8 Å². The van der Waals surface area contributed by atoms with Crippen LogP contribution in [-0.2, 0) is 0 Å². The summed E-state index contributed by atoms with van der Waals surface area (Å²) in [5.41, 5.74) is 0.940. The first-order chi connectivity index (χ1) is 11.3. The van der Waals surface area contributed by atoms with Crippen molar-refractivity contribution in [3.05, 3.63) is 42.4 Å². The monoisotopic (exact) mass is 312 g/mol. The van der Waals surface area contributed by atoms with Gasteiger partial charge in [-0.2, -0.15) is 0 Å². The molecule has 1 aliphatic rings. The van der Waals surface area contributed by atoms with Gasteiger partial charge in [0.2, 0.25) is 0 Å². The Morgan fingerprint density at radius 3 is 2.78 bits per heavy atom. The molecule has 2 N–H and O–H groups in total. The number of ether oxygens (including phenoxy) is 1. The molecule has 2 aromatic rings. The first kappa shape index (κ1) is 15.3. The first-order valence-corrected chi connectivity index (χ1v) is 7.79. The van der Waals surface area contributed by atoms with Crippen LogP contribution >= 0.6 is 0 Å². The fraction of sp³-hybridized carbons (Fsp3) is 0.353. The number of benzene rings is 1. The van der Waals surface area contributed by atoms with Gasteiger partial charge in [0.25, 0.3) is 5.91 Å². The van der Waals surface area contributed by atoms with Crippen molar-refractivity contribution < 1.29 is 9.53 Å². The molecule has 6 nitrogen and oxygen atoms in total. The standard InChI is InChI=1S/C17H20N4O2/c1-23-15-9-5-4-8-13(15)21-17(22)14-10-16(19-11-18-14)20-12-6-2-3-7-12/h4-5,8-12H,2-3,6-7H2,1H3,(H,21,22)(H,18,19,20). The van der Waals surface area contributed by atoms with Gasteiger partial charge in [0.1, 0.15) is 23.6 Å². The molecule has 0 saturated heterocycles. The number of methoxy groups -OCH3 is 1. The van der Waals surface area contributed by atoms with Crippen molar-refractivity contribution in [2.75, 3.05) is 17.7 Å². The number of rotatable bonds is 5. The number of anilines is 2. The Morgan fingerprint density at radius 1 is 1.22 bits per heavy atom. The highest BCUT2D eigenvalue weighted by molar-refractivity contribution is 6.04. The van der Waals surface area contributed by atoms with E-state index in [0.29, 0.717) is 29.0 Å². The third-order valence-electron chi connectivity index (χ3n) is 3.96. The number of para-hydroxylation sites is 2. The minimum absolute atomic E-state index is 0.286. The molecule has 120 valence electrons. The van der Waals surface area contributed by atoms with Crippen molar-refractivity contribution in [1.29, 1.82) is 0 Å². The molecule has 1 aliphatic carbocycles. The molecule has 0 radical (unpaired) electrons. The minimum Gasteiger partial charge on any atom is -0.495 e. The maximum atomic E-state index is 12.4. The van der Waals surface area contributed by atoms with Crippen LogP contribution in [0.3, 0.4) is 0 Å². The molecule has 0 unspecified atom stereocenters. The van der Waals surface area contributed by atoms with Gasteiger partial charge >= 0.3 is 0 Å². The van der Waals surface area contributed by atoms with E-state index in [4.69, 9.17) is 4.74 Å². The number of hydrogen-bond acceptors (Lipinski definition) is 5. The lowest BCUT2D eigenvalue weighted by molar-refractivity contribution is 0.102. The van der Waals surface area contributed by atoms with Crippen LogP contribution in [-0.4, -0.2) is 29.0 Å². The van der Waals surface area contributed by atoms with Crippen molar-refractivity contribution in [2.45, 2.75) is 31.7 Å². The molecule has 6 heteroatoms. The second kappa shape index (κ2) is 7.09. The normalized spacial score (nSPS) is 14.5. The second-order valence-corrected chi connectivity index (χ2v) is 5.57. The zero-order chi connectivity index (χ0) is 16.1. The Kier molecular flexibility index (Phi) is 4.71.